The van der Waals surface area contributed by atoms with Crippen molar-refractivity contribution in [3.63, 3.8) is 0 Å². The molecular weight excluding hydrogens is 266 g/mol. The number of aryl methyl sites for hydroxylation is 1. The first kappa shape index (κ1) is 13.2. The van der Waals surface area contributed by atoms with E-state index >= 15 is 0 Å². The topological polar surface area (TPSA) is 50.9 Å². The summed E-state index contributed by atoms with van der Waals surface area (Å²) in [6.07, 6.45) is 3.88. The number of pyridine rings is 1. The van der Waals surface area contributed by atoms with Crippen LogP contribution in [0.25, 0.3) is 10.2 Å². The Labute approximate surface area is 122 Å². The Bertz CT molecular complexity index is 678. The lowest BCUT2D eigenvalue weighted by molar-refractivity contribution is 0.516. The van der Waals surface area contributed by atoms with Crippen LogP contribution < -0.4 is 11.3 Å². The van der Waals surface area contributed by atoms with Gasteiger partial charge in [-0.15, -0.1) is 11.3 Å². The van der Waals surface area contributed by atoms with Crippen LogP contribution in [0.5, 0.6) is 0 Å². The highest BCUT2D eigenvalue weighted by Gasteiger charge is 2.11. The highest BCUT2D eigenvalue weighted by molar-refractivity contribution is 7.17. The molecule has 2 heterocycles. The van der Waals surface area contributed by atoms with Gasteiger partial charge in [-0.25, -0.2) is 0 Å². The molecule has 1 atom stereocenters. The van der Waals surface area contributed by atoms with Crippen molar-refractivity contribution in [3.8, 4) is 0 Å². The maximum Gasteiger partial charge on any atom is 0.0809 e. The SMILES string of the molecule is NNC(CCc1ccccc1)c1cnc2ccsc2c1. The van der Waals surface area contributed by atoms with Gasteiger partial charge in [0.1, 0.15) is 0 Å². The maximum atomic E-state index is 5.71. The number of nitrogens with one attached hydrogen (secondary N) is 1. The number of aromatic nitrogens is 1. The summed E-state index contributed by atoms with van der Waals surface area (Å²) in [5.74, 6) is 5.71. The summed E-state index contributed by atoms with van der Waals surface area (Å²) in [6.45, 7) is 0. The first-order valence-corrected chi connectivity index (χ1v) is 7.58. The van der Waals surface area contributed by atoms with Gasteiger partial charge in [-0.3, -0.25) is 16.3 Å². The molecule has 0 aliphatic heterocycles. The molecule has 1 aromatic carbocycles. The Morgan fingerprint density at radius 2 is 2.05 bits per heavy atom. The summed E-state index contributed by atoms with van der Waals surface area (Å²) in [7, 11) is 0. The fourth-order valence-electron chi connectivity index (χ4n) is 2.35. The van der Waals surface area contributed by atoms with Crippen LogP contribution in [0, 0.1) is 0 Å². The molecule has 0 radical (unpaired) electrons. The predicted octanol–water partition coefficient (Wildman–Crippen LogP) is 3.43. The van der Waals surface area contributed by atoms with Gasteiger partial charge in [0.05, 0.1) is 10.2 Å². The summed E-state index contributed by atoms with van der Waals surface area (Å²) in [4.78, 5) is 4.48. The summed E-state index contributed by atoms with van der Waals surface area (Å²) >= 11 is 1.71. The second-order valence-electron chi connectivity index (χ2n) is 4.82. The largest absolute Gasteiger partial charge is 0.271 e. The van der Waals surface area contributed by atoms with Gasteiger partial charge < -0.3 is 0 Å². The number of benzene rings is 1. The van der Waals surface area contributed by atoms with E-state index in [-0.39, 0.29) is 6.04 Å². The minimum absolute atomic E-state index is 0.134. The standard InChI is InChI=1S/C16H17N3S/c17-19-14(7-6-12-4-2-1-3-5-12)13-10-16-15(18-11-13)8-9-20-16/h1-5,8-11,14,19H,6-7,17H2. The first-order chi connectivity index (χ1) is 9.86. The molecule has 3 nitrogen and oxygen atoms in total. The van der Waals surface area contributed by atoms with E-state index in [4.69, 9.17) is 5.84 Å². The van der Waals surface area contributed by atoms with Crippen LogP contribution in [-0.4, -0.2) is 4.98 Å². The summed E-state index contributed by atoms with van der Waals surface area (Å²) in [5.41, 5.74) is 6.45. The van der Waals surface area contributed by atoms with Gasteiger partial charge in [-0.05, 0) is 41.5 Å². The van der Waals surface area contributed by atoms with Crippen molar-refractivity contribution in [2.45, 2.75) is 18.9 Å². The fourth-order valence-corrected chi connectivity index (χ4v) is 3.14. The lowest BCUT2D eigenvalue weighted by Gasteiger charge is -2.16. The van der Waals surface area contributed by atoms with Crippen molar-refractivity contribution in [1.82, 2.24) is 10.4 Å². The quantitative estimate of drug-likeness (QED) is 0.557. The average Bonchev–Trinajstić information content (AvgIpc) is 2.96. The van der Waals surface area contributed by atoms with Gasteiger partial charge in [-0.1, -0.05) is 30.3 Å². The molecule has 0 aliphatic rings. The highest BCUT2D eigenvalue weighted by atomic mass is 32.1. The molecular formula is C16H17N3S. The molecule has 102 valence electrons. The highest BCUT2D eigenvalue weighted by Crippen LogP contribution is 2.24. The van der Waals surface area contributed by atoms with Crippen LogP contribution in [0.2, 0.25) is 0 Å². The number of nitrogens with two attached hydrogens (primary N) is 1. The molecule has 1 unspecified atom stereocenters. The van der Waals surface area contributed by atoms with E-state index in [2.05, 4.69) is 46.1 Å². The number of rotatable bonds is 5. The van der Waals surface area contributed by atoms with Crippen LogP contribution in [0.15, 0.2) is 54.0 Å². The van der Waals surface area contributed by atoms with Crippen LogP contribution in [0.3, 0.4) is 0 Å². The number of nitrogens with zero attached hydrogens (tertiary/aromatic N) is 1. The molecule has 4 heteroatoms. The Morgan fingerprint density at radius 3 is 2.85 bits per heavy atom. The lowest BCUT2D eigenvalue weighted by Crippen LogP contribution is -2.28. The molecule has 0 saturated carbocycles. The number of hydrogen-bond donors (Lipinski definition) is 2. The van der Waals surface area contributed by atoms with Crippen molar-refractivity contribution in [2.24, 2.45) is 5.84 Å². The molecule has 2 aromatic heterocycles. The predicted molar refractivity (Wildman–Crippen MR) is 84.4 cm³/mol. The van der Waals surface area contributed by atoms with E-state index in [0.29, 0.717) is 0 Å². The smallest absolute Gasteiger partial charge is 0.0809 e. The minimum Gasteiger partial charge on any atom is -0.271 e. The lowest BCUT2D eigenvalue weighted by atomic mass is 10.0. The van der Waals surface area contributed by atoms with E-state index < -0.39 is 0 Å². The molecule has 0 aliphatic carbocycles. The zero-order chi connectivity index (χ0) is 13.8. The van der Waals surface area contributed by atoms with E-state index in [1.807, 2.05) is 18.3 Å². The molecule has 20 heavy (non-hydrogen) atoms. The molecule has 0 amide bonds. The van der Waals surface area contributed by atoms with Gasteiger partial charge in [-0.2, -0.15) is 0 Å². The van der Waals surface area contributed by atoms with E-state index in [9.17, 15) is 0 Å². The van der Waals surface area contributed by atoms with Crippen molar-refractivity contribution >= 4 is 21.6 Å². The van der Waals surface area contributed by atoms with Gasteiger partial charge in [0.2, 0.25) is 0 Å². The molecule has 0 bridgehead atoms. The summed E-state index contributed by atoms with van der Waals surface area (Å²) in [5, 5.41) is 2.07. The van der Waals surface area contributed by atoms with E-state index in [1.54, 1.807) is 11.3 Å². The molecule has 0 saturated heterocycles. The minimum atomic E-state index is 0.134. The van der Waals surface area contributed by atoms with E-state index in [0.717, 1.165) is 23.9 Å². The molecule has 0 fully saturated rings. The van der Waals surface area contributed by atoms with Crippen LogP contribution in [-0.2, 0) is 6.42 Å². The van der Waals surface area contributed by atoms with Gasteiger partial charge >= 0.3 is 0 Å². The van der Waals surface area contributed by atoms with Crippen molar-refractivity contribution in [3.05, 3.63) is 65.2 Å². The Hall–Kier alpha value is -1.75. The molecule has 3 rings (SSSR count). The number of thiophene rings is 1. The molecule has 3 N–H and O–H groups in total. The maximum absolute atomic E-state index is 5.71. The average molecular weight is 283 g/mol. The van der Waals surface area contributed by atoms with Crippen molar-refractivity contribution in [1.29, 1.82) is 0 Å². The number of hydrogen-bond acceptors (Lipinski definition) is 4. The zero-order valence-corrected chi connectivity index (χ0v) is 11.9. The molecule has 3 aromatic rings. The van der Waals surface area contributed by atoms with Crippen molar-refractivity contribution in [2.75, 3.05) is 0 Å². The second kappa shape index (κ2) is 6.13. The van der Waals surface area contributed by atoms with Crippen LogP contribution in [0.4, 0.5) is 0 Å². The normalized spacial score (nSPS) is 12.7. The third-order valence-electron chi connectivity index (χ3n) is 3.49. The fraction of sp³-hybridized carbons (Fsp3) is 0.188. The summed E-state index contributed by atoms with van der Waals surface area (Å²) in [6, 6.07) is 14.8. The van der Waals surface area contributed by atoms with E-state index in [1.165, 1.54) is 10.3 Å². The van der Waals surface area contributed by atoms with Crippen LogP contribution in [0.1, 0.15) is 23.6 Å². The second-order valence-corrected chi connectivity index (χ2v) is 5.76. The number of hydrazine groups is 1. The zero-order valence-electron chi connectivity index (χ0n) is 11.1. The summed E-state index contributed by atoms with van der Waals surface area (Å²) < 4.78 is 1.21. The Morgan fingerprint density at radius 1 is 1.20 bits per heavy atom. The Kier molecular flexibility index (Phi) is 4.06. The van der Waals surface area contributed by atoms with Gasteiger partial charge in [0, 0.05) is 12.2 Å². The number of fused-ring (bicyclic) bond motifs is 1. The first-order valence-electron chi connectivity index (χ1n) is 6.70. The monoisotopic (exact) mass is 283 g/mol. The van der Waals surface area contributed by atoms with Crippen LogP contribution >= 0.6 is 11.3 Å². The van der Waals surface area contributed by atoms with Crippen molar-refractivity contribution < 1.29 is 0 Å². The molecule has 0 spiro atoms. The van der Waals surface area contributed by atoms with Gasteiger partial charge in [0.15, 0.2) is 0 Å². The van der Waals surface area contributed by atoms with Gasteiger partial charge in [0.25, 0.3) is 0 Å². The Balaban J connectivity index is 1.75. The third-order valence-corrected chi connectivity index (χ3v) is 4.34. The third kappa shape index (κ3) is 2.88.